The number of rotatable bonds is 14. The molecule has 2 saturated heterocycles. The van der Waals surface area contributed by atoms with E-state index in [1.807, 2.05) is 36.1 Å². The van der Waals surface area contributed by atoms with E-state index in [-0.39, 0.29) is 29.5 Å². The Labute approximate surface area is 232 Å². The highest BCUT2D eigenvalue weighted by atomic mass is 32.2. The highest BCUT2D eigenvalue weighted by Gasteiger charge is 2.54. The maximum absolute atomic E-state index is 13.0. The Morgan fingerprint density at radius 2 is 1.89 bits per heavy atom. The van der Waals surface area contributed by atoms with Crippen molar-refractivity contribution in [1.29, 1.82) is 0 Å². The van der Waals surface area contributed by atoms with Crippen molar-refractivity contribution >= 4 is 23.0 Å². The first-order valence-electron chi connectivity index (χ1n) is 14.0. The van der Waals surface area contributed by atoms with E-state index in [4.69, 9.17) is 18.9 Å². The summed E-state index contributed by atoms with van der Waals surface area (Å²) >= 11 is 1.29. The fraction of sp³-hybridized carbons (Fsp3) is 0.667. The Morgan fingerprint density at radius 3 is 2.55 bits per heavy atom. The van der Waals surface area contributed by atoms with Crippen molar-refractivity contribution in [3.05, 3.63) is 41.5 Å². The van der Waals surface area contributed by atoms with E-state index in [0.717, 1.165) is 61.8 Å². The van der Waals surface area contributed by atoms with Gasteiger partial charge in [0.2, 0.25) is 0 Å². The molecular weight excluding hydrogens is 502 g/mol. The Hall–Kier alpha value is -2.03. The van der Waals surface area contributed by atoms with Crippen molar-refractivity contribution in [3.8, 4) is 5.75 Å². The average molecular weight is 548 g/mol. The summed E-state index contributed by atoms with van der Waals surface area (Å²) in [5, 5.41) is 0.00183. The zero-order valence-corrected chi connectivity index (χ0v) is 24.5. The van der Waals surface area contributed by atoms with Crippen LogP contribution >= 0.6 is 11.8 Å². The van der Waals surface area contributed by atoms with Crippen molar-refractivity contribution in [1.82, 2.24) is 4.90 Å². The number of benzene rings is 1. The molecule has 0 spiro atoms. The summed E-state index contributed by atoms with van der Waals surface area (Å²) in [6, 6.07) is 7.44. The molecule has 1 amide bonds. The maximum atomic E-state index is 13.0. The number of esters is 1. The minimum Gasteiger partial charge on any atom is -0.497 e. The van der Waals surface area contributed by atoms with Crippen LogP contribution in [0, 0.1) is 0 Å². The number of thioether (sulfide) groups is 1. The standard InChI is InChI=1S/C30H45NO6S/c1-6-8-10-12-25-18-26(36-28(32)17-22(3)11-9-7-2)19-30(35-5,37-25)27-21-38-29(33)31(27)20-23-13-15-24(34-4)16-14-23/h13-17,25-27H,6-12,18-21H2,1-5H3/t25-,26-,27?,30-/m1/s1. The summed E-state index contributed by atoms with van der Waals surface area (Å²) in [5.74, 6) is -0.0295. The average Bonchev–Trinajstić information content (AvgIpc) is 3.28. The first-order valence-corrected chi connectivity index (χ1v) is 15.0. The molecule has 0 bridgehead atoms. The Balaban J connectivity index is 1.81. The fourth-order valence-electron chi connectivity index (χ4n) is 5.29. The van der Waals surface area contributed by atoms with Gasteiger partial charge in [-0.25, -0.2) is 4.79 Å². The van der Waals surface area contributed by atoms with Gasteiger partial charge in [0.1, 0.15) is 11.9 Å². The maximum Gasteiger partial charge on any atom is 0.330 e. The molecule has 1 unspecified atom stereocenters. The van der Waals surface area contributed by atoms with Crippen molar-refractivity contribution in [2.45, 2.75) is 109 Å². The predicted octanol–water partition coefficient (Wildman–Crippen LogP) is 6.88. The Morgan fingerprint density at radius 1 is 1.16 bits per heavy atom. The number of amides is 1. The van der Waals surface area contributed by atoms with Crippen LogP contribution in [0.5, 0.6) is 5.75 Å². The van der Waals surface area contributed by atoms with Crippen LogP contribution in [-0.2, 0) is 25.5 Å². The second-order valence-electron chi connectivity index (χ2n) is 10.4. The van der Waals surface area contributed by atoms with Crippen LogP contribution in [0.15, 0.2) is 35.9 Å². The fourth-order valence-corrected chi connectivity index (χ4v) is 6.38. The molecule has 0 N–H and O–H groups in total. The smallest absolute Gasteiger partial charge is 0.330 e. The van der Waals surface area contributed by atoms with Crippen LogP contribution in [0.1, 0.15) is 84.1 Å². The molecule has 1 aromatic rings. The van der Waals surface area contributed by atoms with Gasteiger partial charge >= 0.3 is 5.97 Å². The molecule has 8 heteroatoms. The number of hydrogen-bond donors (Lipinski definition) is 0. The summed E-state index contributed by atoms with van der Waals surface area (Å²) in [5.41, 5.74) is 2.04. The molecule has 3 rings (SSSR count). The number of ether oxygens (including phenoxy) is 4. The number of unbranched alkanes of at least 4 members (excludes halogenated alkanes) is 3. The number of hydrogen-bond acceptors (Lipinski definition) is 7. The van der Waals surface area contributed by atoms with Gasteiger partial charge in [-0.15, -0.1) is 0 Å². The van der Waals surface area contributed by atoms with E-state index in [0.29, 0.717) is 25.1 Å². The monoisotopic (exact) mass is 547 g/mol. The number of carbonyl (C=O) groups is 2. The second kappa shape index (κ2) is 14.9. The molecule has 2 heterocycles. The lowest BCUT2D eigenvalue weighted by Crippen LogP contribution is -2.60. The van der Waals surface area contributed by atoms with Gasteiger partial charge in [-0.3, -0.25) is 4.79 Å². The molecule has 38 heavy (non-hydrogen) atoms. The molecule has 2 aliphatic heterocycles. The van der Waals surface area contributed by atoms with Gasteiger partial charge in [-0.05, 0) is 43.9 Å². The summed E-state index contributed by atoms with van der Waals surface area (Å²) in [4.78, 5) is 27.7. The Kier molecular flexibility index (Phi) is 12.0. The summed E-state index contributed by atoms with van der Waals surface area (Å²) in [7, 11) is 3.28. The van der Waals surface area contributed by atoms with Crippen LogP contribution < -0.4 is 4.74 Å². The molecule has 0 radical (unpaired) electrons. The first kappa shape index (κ1) is 30.5. The van der Waals surface area contributed by atoms with Gasteiger partial charge in [-0.2, -0.15) is 0 Å². The highest BCUT2D eigenvalue weighted by Crippen LogP contribution is 2.43. The molecule has 0 aliphatic carbocycles. The molecule has 1 aromatic carbocycles. The molecule has 2 aliphatic rings. The van der Waals surface area contributed by atoms with Gasteiger partial charge < -0.3 is 23.8 Å². The van der Waals surface area contributed by atoms with Gasteiger partial charge in [0.05, 0.1) is 19.3 Å². The van der Waals surface area contributed by atoms with Crippen LogP contribution in [0.25, 0.3) is 0 Å². The third-order valence-corrected chi connectivity index (χ3v) is 8.41. The molecule has 7 nitrogen and oxygen atoms in total. The molecular formula is C30H45NO6S. The number of allylic oxidation sites excluding steroid dienone is 1. The second-order valence-corrected chi connectivity index (χ2v) is 11.4. The molecule has 0 saturated carbocycles. The third-order valence-electron chi connectivity index (χ3n) is 7.45. The zero-order chi connectivity index (χ0) is 27.5. The number of methoxy groups -OCH3 is 2. The highest BCUT2D eigenvalue weighted by molar-refractivity contribution is 8.13. The molecule has 0 aromatic heterocycles. The predicted molar refractivity (Wildman–Crippen MR) is 151 cm³/mol. The molecule has 212 valence electrons. The van der Waals surface area contributed by atoms with E-state index in [9.17, 15) is 9.59 Å². The van der Waals surface area contributed by atoms with Crippen LogP contribution in [0.4, 0.5) is 4.79 Å². The zero-order valence-electron chi connectivity index (χ0n) is 23.7. The van der Waals surface area contributed by atoms with Crippen LogP contribution in [-0.4, -0.2) is 60.1 Å². The summed E-state index contributed by atoms with van der Waals surface area (Å²) in [6.45, 7) is 6.74. The van der Waals surface area contributed by atoms with Gasteiger partial charge in [0.25, 0.3) is 5.24 Å². The van der Waals surface area contributed by atoms with Gasteiger partial charge in [0, 0.05) is 38.3 Å². The van der Waals surface area contributed by atoms with E-state index in [1.165, 1.54) is 11.8 Å². The lowest BCUT2D eigenvalue weighted by atomic mass is 9.90. The van der Waals surface area contributed by atoms with E-state index < -0.39 is 5.79 Å². The van der Waals surface area contributed by atoms with Crippen LogP contribution in [0.2, 0.25) is 0 Å². The quantitative estimate of drug-likeness (QED) is 0.143. The van der Waals surface area contributed by atoms with Crippen LogP contribution in [0.3, 0.4) is 0 Å². The minimum absolute atomic E-state index is 0.00183. The number of carbonyl (C=O) groups excluding carboxylic acids is 2. The lowest BCUT2D eigenvalue weighted by Gasteiger charge is -2.48. The third kappa shape index (κ3) is 8.23. The number of nitrogens with zero attached hydrogens (tertiary/aromatic N) is 1. The molecule has 4 atom stereocenters. The van der Waals surface area contributed by atoms with Crippen molar-refractivity contribution in [3.63, 3.8) is 0 Å². The topological polar surface area (TPSA) is 74.3 Å². The van der Waals surface area contributed by atoms with E-state index in [1.54, 1.807) is 20.3 Å². The largest absolute Gasteiger partial charge is 0.497 e. The normalized spacial score (nSPS) is 26.0. The van der Waals surface area contributed by atoms with E-state index >= 15 is 0 Å². The summed E-state index contributed by atoms with van der Waals surface area (Å²) < 4.78 is 24.1. The minimum atomic E-state index is -1.05. The van der Waals surface area contributed by atoms with Gasteiger partial charge in [-0.1, -0.05) is 69.0 Å². The van der Waals surface area contributed by atoms with Crippen molar-refractivity contribution in [2.24, 2.45) is 0 Å². The summed E-state index contributed by atoms with van der Waals surface area (Å²) in [6.07, 6.45) is 9.35. The van der Waals surface area contributed by atoms with E-state index in [2.05, 4.69) is 13.8 Å². The lowest BCUT2D eigenvalue weighted by molar-refractivity contribution is -0.305. The van der Waals surface area contributed by atoms with Crippen molar-refractivity contribution < 1.29 is 28.5 Å². The molecule has 2 fully saturated rings. The van der Waals surface area contributed by atoms with Crippen molar-refractivity contribution in [2.75, 3.05) is 20.0 Å². The Bertz CT molecular complexity index is 935. The first-order chi connectivity index (χ1) is 18.3. The SMILES string of the molecule is CCCCC[C@@H]1C[C@@H](OC(=O)C=C(C)CCCC)C[C@](OC)(C2CSC(=O)N2Cc2ccc(OC)cc2)O1. The van der Waals surface area contributed by atoms with Gasteiger partial charge in [0.15, 0.2) is 5.79 Å².